The Bertz CT molecular complexity index is 334. The number of fused-ring (bicyclic) bond motifs is 1. The first kappa shape index (κ1) is 7.13. The molecular formula is C8H6NS2. The average Bonchev–Trinajstić information content (AvgIpc) is 2.46. The monoisotopic (exact) mass is 180 g/mol. The Morgan fingerprint density at radius 1 is 1.64 bits per heavy atom. The number of rotatable bonds is 1. The number of nitrogens with zero attached hydrogens (tertiary/aromatic N) is 1. The van der Waals surface area contributed by atoms with Crippen molar-refractivity contribution in [2.24, 2.45) is 0 Å². The number of hydrogen-bond acceptors (Lipinski definition) is 3. The van der Waals surface area contributed by atoms with E-state index in [9.17, 15) is 0 Å². The van der Waals surface area contributed by atoms with Crippen molar-refractivity contribution in [2.45, 2.75) is 4.34 Å². The standard InChI is InChI=1S/C8H6NS2/c1-10-8-9-6-4-2-3-5-7(6)11-8/h2,4-5H,1H3. The second-order valence-electron chi connectivity index (χ2n) is 2.08. The van der Waals surface area contributed by atoms with E-state index >= 15 is 0 Å². The van der Waals surface area contributed by atoms with Gasteiger partial charge < -0.3 is 0 Å². The van der Waals surface area contributed by atoms with Gasteiger partial charge in [0, 0.05) is 0 Å². The maximum Gasteiger partial charge on any atom is 0.150 e. The van der Waals surface area contributed by atoms with Gasteiger partial charge in [-0.1, -0.05) is 17.8 Å². The van der Waals surface area contributed by atoms with Crippen LogP contribution < -0.4 is 0 Å². The first-order valence-corrected chi connectivity index (χ1v) is 5.25. The predicted octanol–water partition coefficient (Wildman–Crippen LogP) is 2.82. The minimum Gasteiger partial charge on any atom is -0.230 e. The van der Waals surface area contributed by atoms with Crippen LogP contribution in [0.1, 0.15) is 0 Å². The van der Waals surface area contributed by atoms with Crippen LogP contribution in [0.15, 0.2) is 22.5 Å². The molecule has 11 heavy (non-hydrogen) atoms. The van der Waals surface area contributed by atoms with Gasteiger partial charge in [0.2, 0.25) is 0 Å². The third-order valence-electron chi connectivity index (χ3n) is 1.39. The van der Waals surface area contributed by atoms with Crippen molar-refractivity contribution in [1.82, 2.24) is 4.98 Å². The fourth-order valence-electron chi connectivity index (χ4n) is 0.884. The number of thiazole rings is 1. The van der Waals surface area contributed by atoms with Gasteiger partial charge >= 0.3 is 0 Å². The molecule has 0 saturated carbocycles. The Kier molecular flexibility index (Phi) is 1.84. The van der Waals surface area contributed by atoms with Crippen molar-refractivity contribution in [3.63, 3.8) is 0 Å². The number of thioether (sulfide) groups is 1. The summed E-state index contributed by atoms with van der Waals surface area (Å²) in [6.45, 7) is 0. The molecule has 1 aromatic carbocycles. The molecule has 55 valence electrons. The molecule has 0 bridgehead atoms. The summed E-state index contributed by atoms with van der Waals surface area (Å²) in [5.74, 6) is 0. The second kappa shape index (κ2) is 2.83. The van der Waals surface area contributed by atoms with E-state index in [1.807, 2.05) is 24.5 Å². The first-order chi connectivity index (χ1) is 5.40. The first-order valence-electron chi connectivity index (χ1n) is 3.21. The zero-order chi connectivity index (χ0) is 7.68. The molecule has 1 radical (unpaired) electrons. The zero-order valence-electron chi connectivity index (χ0n) is 6.00. The molecule has 2 aromatic rings. The molecule has 0 aliphatic rings. The summed E-state index contributed by atoms with van der Waals surface area (Å²) in [5, 5.41) is 0. The molecular weight excluding hydrogens is 174 g/mol. The van der Waals surface area contributed by atoms with Gasteiger partial charge in [0.15, 0.2) is 4.34 Å². The van der Waals surface area contributed by atoms with Crippen LogP contribution in [-0.4, -0.2) is 11.2 Å². The Morgan fingerprint density at radius 2 is 2.55 bits per heavy atom. The summed E-state index contributed by atoms with van der Waals surface area (Å²) < 4.78 is 2.34. The van der Waals surface area contributed by atoms with Crippen molar-refractivity contribution in [1.29, 1.82) is 0 Å². The fraction of sp³-hybridized carbons (Fsp3) is 0.125. The van der Waals surface area contributed by atoms with E-state index in [1.165, 1.54) is 4.70 Å². The average molecular weight is 180 g/mol. The molecule has 0 saturated heterocycles. The van der Waals surface area contributed by atoms with Crippen LogP contribution in [0.3, 0.4) is 0 Å². The Hall–Kier alpha value is -0.540. The molecule has 0 spiro atoms. The largest absolute Gasteiger partial charge is 0.230 e. The van der Waals surface area contributed by atoms with Crippen molar-refractivity contribution < 1.29 is 0 Å². The summed E-state index contributed by atoms with van der Waals surface area (Å²) in [6, 6.07) is 8.90. The maximum atomic E-state index is 4.39. The molecule has 0 N–H and O–H groups in total. The second-order valence-corrected chi connectivity index (χ2v) is 4.16. The lowest BCUT2D eigenvalue weighted by Crippen LogP contribution is -1.65. The minimum absolute atomic E-state index is 1.08. The van der Waals surface area contributed by atoms with Gasteiger partial charge in [0.1, 0.15) is 0 Å². The van der Waals surface area contributed by atoms with Crippen LogP contribution in [0, 0.1) is 6.07 Å². The van der Waals surface area contributed by atoms with E-state index in [4.69, 9.17) is 0 Å². The normalized spacial score (nSPS) is 10.6. The molecule has 1 aromatic heterocycles. The van der Waals surface area contributed by atoms with Crippen molar-refractivity contribution in [2.75, 3.05) is 6.26 Å². The van der Waals surface area contributed by atoms with E-state index in [0.29, 0.717) is 0 Å². The minimum atomic E-state index is 1.08. The van der Waals surface area contributed by atoms with Gasteiger partial charge in [-0.05, 0) is 24.5 Å². The van der Waals surface area contributed by atoms with Crippen LogP contribution >= 0.6 is 23.1 Å². The van der Waals surface area contributed by atoms with Crippen molar-refractivity contribution in [3.05, 3.63) is 24.3 Å². The summed E-state index contributed by atoms with van der Waals surface area (Å²) in [5.41, 5.74) is 1.08. The molecule has 0 aliphatic heterocycles. The molecule has 1 heterocycles. The SMILES string of the molecule is CSc1nc2cc[c]cc2s1. The van der Waals surface area contributed by atoms with Crippen LogP contribution in [0.5, 0.6) is 0 Å². The topological polar surface area (TPSA) is 12.9 Å². The molecule has 0 atom stereocenters. The van der Waals surface area contributed by atoms with Crippen LogP contribution in [-0.2, 0) is 0 Å². The molecule has 0 aliphatic carbocycles. The maximum absolute atomic E-state index is 4.39. The number of aromatic nitrogens is 1. The summed E-state index contributed by atoms with van der Waals surface area (Å²) in [4.78, 5) is 4.39. The number of benzene rings is 1. The van der Waals surface area contributed by atoms with Gasteiger partial charge in [-0.15, -0.1) is 11.3 Å². The van der Waals surface area contributed by atoms with E-state index in [0.717, 1.165) is 9.86 Å². The third kappa shape index (κ3) is 1.26. The Labute approximate surface area is 73.5 Å². The quantitative estimate of drug-likeness (QED) is 0.626. The summed E-state index contributed by atoms with van der Waals surface area (Å²) >= 11 is 3.41. The van der Waals surface area contributed by atoms with E-state index in [2.05, 4.69) is 11.1 Å². The highest BCUT2D eigenvalue weighted by Crippen LogP contribution is 2.27. The lowest BCUT2D eigenvalue weighted by Gasteiger charge is -1.80. The summed E-state index contributed by atoms with van der Waals surface area (Å²) in [6.07, 6.45) is 2.04. The number of hydrogen-bond donors (Lipinski definition) is 0. The summed E-state index contributed by atoms with van der Waals surface area (Å²) in [7, 11) is 0. The highest BCUT2D eigenvalue weighted by molar-refractivity contribution is 8.00. The molecule has 0 unspecified atom stereocenters. The molecule has 1 nitrogen and oxygen atoms in total. The van der Waals surface area contributed by atoms with E-state index in [1.54, 1.807) is 23.1 Å². The third-order valence-corrected chi connectivity index (χ3v) is 3.39. The highest BCUT2D eigenvalue weighted by atomic mass is 32.2. The van der Waals surface area contributed by atoms with E-state index in [-0.39, 0.29) is 0 Å². The Morgan fingerprint density at radius 3 is 3.27 bits per heavy atom. The van der Waals surface area contributed by atoms with Crippen molar-refractivity contribution in [3.8, 4) is 0 Å². The highest BCUT2D eigenvalue weighted by Gasteiger charge is 1.99. The van der Waals surface area contributed by atoms with Crippen LogP contribution in [0.4, 0.5) is 0 Å². The molecule has 2 rings (SSSR count). The van der Waals surface area contributed by atoms with Crippen LogP contribution in [0.25, 0.3) is 10.2 Å². The lowest BCUT2D eigenvalue weighted by atomic mass is 10.3. The molecule has 0 amide bonds. The molecule has 0 fully saturated rings. The van der Waals surface area contributed by atoms with E-state index < -0.39 is 0 Å². The lowest BCUT2D eigenvalue weighted by molar-refractivity contribution is 1.31. The van der Waals surface area contributed by atoms with Crippen molar-refractivity contribution >= 4 is 33.3 Å². The van der Waals surface area contributed by atoms with Gasteiger partial charge in [-0.3, -0.25) is 0 Å². The fourth-order valence-corrected chi connectivity index (χ4v) is 2.35. The van der Waals surface area contributed by atoms with Gasteiger partial charge in [-0.25, -0.2) is 4.98 Å². The smallest absolute Gasteiger partial charge is 0.150 e. The van der Waals surface area contributed by atoms with Crippen LogP contribution in [0.2, 0.25) is 0 Å². The Balaban J connectivity index is 2.69. The van der Waals surface area contributed by atoms with Gasteiger partial charge in [0.25, 0.3) is 0 Å². The predicted molar refractivity (Wildman–Crippen MR) is 50.2 cm³/mol. The van der Waals surface area contributed by atoms with Gasteiger partial charge in [0.05, 0.1) is 10.2 Å². The van der Waals surface area contributed by atoms with Gasteiger partial charge in [-0.2, -0.15) is 0 Å². The molecule has 3 heteroatoms. The zero-order valence-corrected chi connectivity index (χ0v) is 7.63.